The highest BCUT2D eigenvalue weighted by Gasteiger charge is 2.30. The molecule has 4 rings (SSSR count). The summed E-state index contributed by atoms with van der Waals surface area (Å²) in [5.74, 6) is 0.354. The smallest absolute Gasteiger partial charge is 0.265 e. The molecular formula is C19H19ClN2O5S. The molecule has 0 spiro atoms. The van der Waals surface area contributed by atoms with Gasteiger partial charge in [0.05, 0.1) is 18.1 Å². The van der Waals surface area contributed by atoms with Crippen LogP contribution in [0, 0.1) is 0 Å². The summed E-state index contributed by atoms with van der Waals surface area (Å²) >= 11 is 5.97. The van der Waals surface area contributed by atoms with Gasteiger partial charge in [0.15, 0.2) is 6.10 Å². The first kappa shape index (κ1) is 19.2. The van der Waals surface area contributed by atoms with E-state index < -0.39 is 16.1 Å². The number of fused-ring (bicyclic) bond motifs is 1. The topological polar surface area (TPSA) is 84.9 Å². The molecule has 2 aliphatic heterocycles. The van der Waals surface area contributed by atoms with Gasteiger partial charge in [-0.2, -0.15) is 4.31 Å². The van der Waals surface area contributed by atoms with Crippen LogP contribution in [0.2, 0.25) is 5.02 Å². The lowest BCUT2D eigenvalue weighted by Crippen LogP contribution is -2.40. The van der Waals surface area contributed by atoms with E-state index in [0.29, 0.717) is 49.2 Å². The van der Waals surface area contributed by atoms with E-state index in [4.69, 9.17) is 21.1 Å². The standard InChI is InChI=1S/C19H19ClN2O5S/c20-14-1-6-17-13(11-14)12-18(27-17)19(23)21-15-2-4-16(5-3-15)28(24,25)22-7-9-26-10-8-22/h1-6,11,18H,7-10,12H2,(H,21,23)/t18-/m1/s1. The average Bonchev–Trinajstić information content (AvgIpc) is 3.12. The van der Waals surface area contributed by atoms with E-state index >= 15 is 0 Å². The molecule has 148 valence electrons. The average molecular weight is 423 g/mol. The number of carbonyl (C=O) groups is 1. The summed E-state index contributed by atoms with van der Waals surface area (Å²) in [6.07, 6.45) is -0.212. The summed E-state index contributed by atoms with van der Waals surface area (Å²) in [5.41, 5.74) is 1.39. The van der Waals surface area contributed by atoms with Crippen LogP contribution >= 0.6 is 11.6 Å². The van der Waals surface area contributed by atoms with Gasteiger partial charge in [-0.05, 0) is 48.0 Å². The first-order chi connectivity index (χ1) is 13.4. The van der Waals surface area contributed by atoms with E-state index in [-0.39, 0.29) is 10.8 Å². The number of ether oxygens (including phenoxy) is 2. The Balaban J connectivity index is 1.41. The van der Waals surface area contributed by atoms with Crippen LogP contribution in [0.4, 0.5) is 5.69 Å². The number of sulfonamides is 1. The predicted molar refractivity (Wildman–Crippen MR) is 104 cm³/mol. The van der Waals surface area contributed by atoms with Gasteiger partial charge in [-0.3, -0.25) is 4.79 Å². The molecule has 0 radical (unpaired) electrons. The van der Waals surface area contributed by atoms with Crippen LogP contribution in [0.15, 0.2) is 47.4 Å². The number of hydrogen-bond donors (Lipinski definition) is 1. The van der Waals surface area contributed by atoms with Crippen molar-refractivity contribution in [2.24, 2.45) is 0 Å². The summed E-state index contributed by atoms with van der Waals surface area (Å²) in [7, 11) is -3.56. The Morgan fingerprint density at radius 3 is 2.54 bits per heavy atom. The third kappa shape index (κ3) is 3.86. The van der Waals surface area contributed by atoms with E-state index in [1.165, 1.54) is 16.4 Å². The molecule has 1 saturated heterocycles. The number of halogens is 1. The van der Waals surface area contributed by atoms with Crippen LogP contribution in [-0.2, 0) is 26.0 Å². The number of carbonyl (C=O) groups excluding carboxylic acids is 1. The summed E-state index contributed by atoms with van der Waals surface area (Å²) in [4.78, 5) is 12.7. The Morgan fingerprint density at radius 1 is 1.11 bits per heavy atom. The van der Waals surface area contributed by atoms with Gasteiger partial charge in [0.25, 0.3) is 5.91 Å². The van der Waals surface area contributed by atoms with Crippen molar-refractivity contribution >= 4 is 33.2 Å². The number of anilines is 1. The van der Waals surface area contributed by atoms with Gasteiger partial charge >= 0.3 is 0 Å². The van der Waals surface area contributed by atoms with Crippen LogP contribution in [0.1, 0.15) is 5.56 Å². The van der Waals surface area contributed by atoms with E-state index in [0.717, 1.165) is 5.56 Å². The van der Waals surface area contributed by atoms with Crippen LogP contribution in [0.5, 0.6) is 5.75 Å². The van der Waals surface area contributed by atoms with Gasteiger partial charge in [0.1, 0.15) is 5.75 Å². The second-order valence-electron chi connectivity index (χ2n) is 6.59. The molecule has 1 atom stereocenters. The fourth-order valence-electron chi connectivity index (χ4n) is 3.23. The monoisotopic (exact) mass is 422 g/mol. The maximum atomic E-state index is 12.6. The second kappa shape index (κ2) is 7.71. The number of rotatable bonds is 4. The Morgan fingerprint density at radius 2 is 1.82 bits per heavy atom. The quantitative estimate of drug-likeness (QED) is 0.817. The van der Waals surface area contributed by atoms with E-state index in [1.807, 2.05) is 0 Å². The van der Waals surface area contributed by atoms with Crippen molar-refractivity contribution in [3.8, 4) is 5.75 Å². The number of benzene rings is 2. The van der Waals surface area contributed by atoms with Crippen LogP contribution in [0.25, 0.3) is 0 Å². The van der Waals surface area contributed by atoms with Crippen molar-refractivity contribution in [3.05, 3.63) is 53.1 Å². The van der Waals surface area contributed by atoms with Crippen molar-refractivity contribution < 1.29 is 22.7 Å². The molecule has 2 aliphatic rings. The second-order valence-corrected chi connectivity index (χ2v) is 8.97. The Hall–Kier alpha value is -2.13. The van der Waals surface area contributed by atoms with Gasteiger partial charge < -0.3 is 14.8 Å². The minimum Gasteiger partial charge on any atom is -0.480 e. The lowest BCUT2D eigenvalue weighted by molar-refractivity contribution is -0.122. The lowest BCUT2D eigenvalue weighted by atomic mass is 10.1. The number of amides is 1. The molecule has 2 heterocycles. The zero-order valence-electron chi connectivity index (χ0n) is 14.9. The largest absolute Gasteiger partial charge is 0.480 e. The molecule has 1 N–H and O–H groups in total. The molecule has 0 saturated carbocycles. The highest BCUT2D eigenvalue weighted by Crippen LogP contribution is 2.31. The molecule has 1 amide bonds. The minimum absolute atomic E-state index is 0.187. The normalized spacial score (nSPS) is 19.7. The summed E-state index contributed by atoms with van der Waals surface area (Å²) in [6.45, 7) is 1.46. The highest BCUT2D eigenvalue weighted by molar-refractivity contribution is 7.89. The SMILES string of the molecule is O=C(Nc1ccc(S(=O)(=O)N2CCOCC2)cc1)[C@H]1Cc2cc(Cl)ccc2O1. The van der Waals surface area contributed by atoms with Gasteiger partial charge in [0.2, 0.25) is 10.0 Å². The number of nitrogens with zero attached hydrogens (tertiary/aromatic N) is 1. The fraction of sp³-hybridized carbons (Fsp3) is 0.316. The Kier molecular flexibility index (Phi) is 5.29. The van der Waals surface area contributed by atoms with E-state index in [9.17, 15) is 13.2 Å². The molecule has 7 nitrogen and oxygen atoms in total. The third-order valence-corrected chi connectivity index (χ3v) is 6.87. The first-order valence-electron chi connectivity index (χ1n) is 8.87. The van der Waals surface area contributed by atoms with Crippen molar-refractivity contribution in [1.29, 1.82) is 0 Å². The third-order valence-electron chi connectivity index (χ3n) is 4.72. The van der Waals surface area contributed by atoms with E-state index in [2.05, 4.69) is 5.32 Å². The zero-order chi connectivity index (χ0) is 19.7. The van der Waals surface area contributed by atoms with Crippen LogP contribution in [0.3, 0.4) is 0 Å². The fourth-order valence-corrected chi connectivity index (χ4v) is 4.84. The lowest BCUT2D eigenvalue weighted by Gasteiger charge is -2.26. The minimum atomic E-state index is -3.56. The molecule has 28 heavy (non-hydrogen) atoms. The van der Waals surface area contributed by atoms with Gasteiger partial charge in [-0.1, -0.05) is 11.6 Å². The molecule has 1 fully saturated rings. The molecule has 9 heteroatoms. The van der Waals surface area contributed by atoms with Crippen molar-refractivity contribution in [2.45, 2.75) is 17.4 Å². The molecule has 2 aromatic carbocycles. The Bertz CT molecular complexity index is 988. The summed E-state index contributed by atoms with van der Waals surface area (Å²) in [5, 5.41) is 3.36. The molecule has 0 bridgehead atoms. The molecule has 0 aliphatic carbocycles. The number of hydrogen-bond acceptors (Lipinski definition) is 5. The van der Waals surface area contributed by atoms with Gasteiger partial charge in [-0.15, -0.1) is 0 Å². The highest BCUT2D eigenvalue weighted by atomic mass is 35.5. The molecule has 0 aromatic heterocycles. The molecule has 2 aromatic rings. The predicted octanol–water partition coefficient (Wildman–Crippen LogP) is 2.30. The maximum Gasteiger partial charge on any atom is 0.265 e. The van der Waals surface area contributed by atoms with E-state index in [1.54, 1.807) is 30.3 Å². The maximum absolute atomic E-state index is 12.6. The Labute approximate surface area is 168 Å². The summed E-state index contributed by atoms with van der Waals surface area (Å²) in [6, 6.07) is 11.4. The van der Waals surface area contributed by atoms with Gasteiger partial charge in [-0.25, -0.2) is 8.42 Å². The van der Waals surface area contributed by atoms with Crippen molar-refractivity contribution in [1.82, 2.24) is 4.31 Å². The molecular weight excluding hydrogens is 404 g/mol. The summed E-state index contributed by atoms with van der Waals surface area (Å²) < 4.78 is 37.5. The zero-order valence-corrected chi connectivity index (χ0v) is 16.5. The first-order valence-corrected chi connectivity index (χ1v) is 10.7. The van der Waals surface area contributed by atoms with Crippen LogP contribution < -0.4 is 10.1 Å². The van der Waals surface area contributed by atoms with Crippen LogP contribution in [-0.4, -0.2) is 51.0 Å². The van der Waals surface area contributed by atoms with Crippen molar-refractivity contribution in [2.75, 3.05) is 31.6 Å². The molecule has 0 unspecified atom stereocenters. The number of morpholine rings is 1. The number of nitrogens with one attached hydrogen (secondary N) is 1. The van der Waals surface area contributed by atoms with Crippen molar-refractivity contribution in [3.63, 3.8) is 0 Å². The van der Waals surface area contributed by atoms with Gasteiger partial charge in [0, 0.05) is 30.2 Å².